The van der Waals surface area contributed by atoms with E-state index in [0.717, 1.165) is 36.9 Å². The van der Waals surface area contributed by atoms with E-state index in [4.69, 9.17) is 4.74 Å². The molecule has 0 aromatic heterocycles. The second-order valence-corrected chi connectivity index (χ2v) is 6.79. The molecule has 0 saturated carbocycles. The molecule has 2 heterocycles. The molecule has 0 atom stereocenters. The van der Waals surface area contributed by atoms with E-state index >= 15 is 0 Å². The average Bonchev–Trinajstić information content (AvgIpc) is 2.64. The fraction of sp³-hybridized carbons (Fsp3) is 0.579. The molecule has 5 nitrogen and oxygen atoms in total. The largest absolute Gasteiger partial charge is 0.381 e. The molecule has 0 unspecified atom stereocenters. The fourth-order valence-electron chi connectivity index (χ4n) is 3.51. The summed E-state index contributed by atoms with van der Waals surface area (Å²) in [6, 6.07) is 7.81. The Morgan fingerprint density at radius 3 is 2.38 bits per heavy atom. The standard InChI is InChI=1S/C19H26N2O3/c1-14-4-2-3-5-17(14)20-18(22)15-6-10-21(11-7-15)19(23)16-8-12-24-13-9-16/h2-5,15-16H,6-13H2,1H3,(H,20,22). The Hall–Kier alpha value is -1.88. The Balaban J connectivity index is 1.50. The monoisotopic (exact) mass is 330 g/mol. The summed E-state index contributed by atoms with van der Waals surface area (Å²) in [5.74, 6) is 0.415. The lowest BCUT2D eigenvalue weighted by molar-refractivity contribution is -0.141. The van der Waals surface area contributed by atoms with Gasteiger partial charge in [0.2, 0.25) is 11.8 Å². The highest BCUT2D eigenvalue weighted by Crippen LogP contribution is 2.24. The number of likely N-dealkylation sites (tertiary alicyclic amines) is 1. The number of rotatable bonds is 3. The van der Waals surface area contributed by atoms with Crippen molar-refractivity contribution in [2.24, 2.45) is 11.8 Å². The quantitative estimate of drug-likeness (QED) is 0.927. The van der Waals surface area contributed by atoms with Crippen molar-refractivity contribution in [2.75, 3.05) is 31.6 Å². The molecule has 130 valence electrons. The minimum absolute atomic E-state index is 0.0108. The molecule has 2 amide bonds. The topological polar surface area (TPSA) is 58.6 Å². The van der Waals surface area contributed by atoms with E-state index in [2.05, 4.69) is 5.32 Å². The van der Waals surface area contributed by atoms with Gasteiger partial charge in [0.1, 0.15) is 0 Å². The van der Waals surface area contributed by atoms with Crippen LogP contribution in [0.5, 0.6) is 0 Å². The molecule has 0 radical (unpaired) electrons. The molecule has 2 aliphatic rings. The normalized spacial score (nSPS) is 20.0. The Morgan fingerprint density at radius 2 is 1.71 bits per heavy atom. The number of piperidine rings is 1. The maximum absolute atomic E-state index is 12.5. The summed E-state index contributed by atoms with van der Waals surface area (Å²) in [7, 11) is 0. The summed E-state index contributed by atoms with van der Waals surface area (Å²) in [4.78, 5) is 26.9. The van der Waals surface area contributed by atoms with E-state index in [0.29, 0.717) is 26.3 Å². The van der Waals surface area contributed by atoms with Crippen LogP contribution in [0.4, 0.5) is 5.69 Å². The van der Waals surface area contributed by atoms with Crippen molar-refractivity contribution in [2.45, 2.75) is 32.6 Å². The molecule has 0 bridgehead atoms. The van der Waals surface area contributed by atoms with Crippen LogP contribution in [0.1, 0.15) is 31.2 Å². The van der Waals surface area contributed by atoms with Crippen LogP contribution in [-0.4, -0.2) is 43.0 Å². The first kappa shape index (κ1) is 17.0. The van der Waals surface area contributed by atoms with E-state index in [1.165, 1.54) is 0 Å². The van der Waals surface area contributed by atoms with Gasteiger partial charge in [-0.15, -0.1) is 0 Å². The number of aryl methyl sites for hydroxylation is 1. The van der Waals surface area contributed by atoms with E-state index in [1.54, 1.807) is 0 Å². The number of benzene rings is 1. The van der Waals surface area contributed by atoms with Crippen LogP contribution in [-0.2, 0) is 14.3 Å². The second-order valence-electron chi connectivity index (χ2n) is 6.79. The minimum atomic E-state index is -0.0108. The van der Waals surface area contributed by atoms with Crippen molar-refractivity contribution in [1.82, 2.24) is 4.90 Å². The van der Waals surface area contributed by atoms with Crippen molar-refractivity contribution in [3.8, 4) is 0 Å². The summed E-state index contributed by atoms with van der Waals surface area (Å²) < 4.78 is 5.33. The fourth-order valence-corrected chi connectivity index (χ4v) is 3.51. The number of carbonyl (C=O) groups is 2. The number of hydrogen-bond donors (Lipinski definition) is 1. The van der Waals surface area contributed by atoms with Crippen LogP contribution in [0.3, 0.4) is 0 Å². The zero-order chi connectivity index (χ0) is 16.9. The number of ether oxygens (including phenoxy) is 1. The molecule has 1 aromatic rings. The zero-order valence-corrected chi connectivity index (χ0v) is 14.3. The lowest BCUT2D eigenvalue weighted by Crippen LogP contribution is -2.45. The number of nitrogens with zero attached hydrogens (tertiary/aromatic N) is 1. The van der Waals surface area contributed by atoms with Gasteiger partial charge in [0, 0.05) is 43.8 Å². The smallest absolute Gasteiger partial charge is 0.227 e. The third-order valence-electron chi connectivity index (χ3n) is 5.15. The molecule has 24 heavy (non-hydrogen) atoms. The summed E-state index contributed by atoms with van der Waals surface area (Å²) in [5.41, 5.74) is 1.95. The first-order valence-corrected chi connectivity index (χ1v) is 8.88. The summed E-state index contributed by atoms with van der Waals surface area (Å²) in [5, 5.41) is 3.03. The number of hydrogen-bond acceptors (Lipinski definition) is 3. The van der Waals surface area contributed by atoms with Crippen molar-refractivity contribution in [3.63, 3.8) is 0 Å². The first-order chi connectivity index (χ1) is 11.6. The van der Waals surface area contributed by atoms with Gasteiger partial charge in [-0.1, -0.05) is 18.2 Å². The first-order valence-electron chi connectivity index (χ1n) is 8.88. The molecule has 1 aromatic carbocycles. The van der Waals surface area contributed by atoms with Crippen molar-refractivity contribution in [3.05, 3.63) is 29.8 Å². The highest BCUT2D eigenvalue weighted by atomic mass is 16.5. The zero-order valence-electron chi connectivity index (χ0n) is 14.3. The average molecular weight is 330 g/mol. The Labute approximate surface area is 143 Å². The predicted molar refractivity (Wildman–Crippen MR) is 92.7 cm³/mol. The highest BCUT2D eigenvalue weighted by Gasteiger charge is 2.31. The molecule has 1 N–H and O–H groups in total. The third-order valence-corrected chi connectivity index (χ3v) is 5.15. The van der Waals surface area contributed by atoms with E-state index in [1.807, 2.05) is 36.1 Å². The summed E-state index contributed by atoms with van der Waals surface area (Å²) in [6.07, 6.45) is 3.14. The van der Waals surface area contributed by atoms with Gasteiger partial charge < -0.3 is 15.0 Å². The van der Waals surface area contributed by atoms with Crippen LogP contribution in [0.2, 0.25) is 0 Å². The molecule has 5 heteroatoms. The number of amides is 2. The summed E-state index contributed by atoms with van der Waals surface area (Å²) >= 11 is 0. The molecular weight excluding hydrogens is 304 g/mol. The van der Waals surface area contributed by atoms with Crippen LogP contribution in [0.15, 0.2) is 24.3 Å². The van der Waals surface area contributed by atoms with Crippen LogP contribution in [0.25, 0.3) is 0 Å². The Kier molecular flexibility index (Phi) is 5.51. The van der Waals surface area contributed by atoms with Crippen LogP contribution >= 0.6 is 0 Å². The van der Waals surface area contributed by atoms with Gasteiger partial charge in [0.25, 0.3) is 0 Å². The van der Waals surface area contributed by atoms with Gasteiger partial charge in [0.05, 0.1) is 0 Å². The van der Waals surface area contributed by atoms with Crippen molar-refractivity contribution >= 4 is 17.5 Å². The molecular formula is C19H26N2O3. The molecule has 2 fully saturated rings. The molecule has 2 aliphatic heterocycles. The summed E-state index contributed by atoms with van der Waals surface area (Å²) in [6.45, 7) is 4.73. The predicted octanol–water partition coefficient (Wildman–Crippen LogP) is 2.60. The van der Waals surface area contributed by atoms with E-state index in [9.17, 15) is 9.59 Å². The number of anilines is 1. The number of carbonyl (C=O) groups excluding carboxylic acids is 2. The highest BCUT2D eigenvalue weighted by molar-refractivity contribution is 5.93. The number of nitrogens with one attached hydrogen (secondary N) is 1. The van der Waals surface area contributed by atoms with Gasteiger partial charge in [-0.05, 0) is 44.2 Å². The lowest BCUT2D eigenvalue weighted by Gasteiger charge is -2.34. The minimum Gasteiger partial charge on any atom is -0.381 e. The van der Waals surface area contributed by atoms with Gasteiger partial charge in [-0.2, -0.15) is 0 Å². The van der Waals surface area contributed by atoms with Crippen molar-refractivity contribution < 1.29 is 14.3 Å². The molecule has 0 aliphatic carbocycles. The van der Waals surface area contributed by atoms with E-state index < -0.39 is 0 Å². The molecule has 0 spiro atoms. The lowest BCUT2D eigenvalue weighted by atomic mass is 9.93. The SMILES string of the molecule is Cc1ccccc1NC(=O)C1CCN(C(=O)C2CCOCC2)CC1. The van der Waals surface area contributed by atoms with Gasteiger partial charge in [-0.25, -0.2) is 0 Å². The van der Waals surface area contributed by atoms with Gasteiger partial charge in [0.15, 0.2) is 0 Å². The van der Waals surface area contributed by atoms with Crippen molar-refractivity contribution in [1.29, 1.82) is 0 Å². The maximum atomic E-state index is 12.5. The van der Waals surface area contributed by atoms with Gasteiger partial charge >= 0.3 is 0 Å². The maximum Gasteiger partial charge on any atom is 0.227 e. The van der Waals surface area contributed by atoms with Gasteiger partial charge in [-0.3, -0.25) is 9.59 Å². The Bertz CT molecular complexity index is 588. The van der Waals surface area contributed by atoms with E-state index in [-0.39, 0.29) is 23.7 Å². The molecule has 3 rings (SSSR count). The molecule has 2 saturated heterocycles. The van der Waals surface area contributed by atoms with Crippen LogP contribution < -0.4 is 5.32 Å². The van der Waals surface area contributed by atoms with Crippen LogP contribution in [0, 0.1) is 18.8 Å². The Morgan fingerprint density at radius 1 is 1.04 bits per heavy atom. The third kappa shape index (κ3) is 3.96. The number of para-hydroxylation sites is 1. The second kappa shape index (κ2) is 7.79.